The Morgan fingerprint density at radius 3 is 2.48 bits per heavy atom. The van der Waals surface area contributed by atoms with E-state index in [1.807, 2.05) is 30.3 Å². The predicted octanol–water partition coefficient (Wildman–Crippen LogP) is 4.21. The molecular formula is C19H18Cl2N8O2. The first-order valence-corrected chi connectivity index (χ1v) is 9.73. The van der Waals surface area contributed by atoms with Crippen LogP contribution in [0.2, 0.25) is 10.0 Å². The van der Waals surface area contributed by atoms with E-state index < -0.39 is 4.92 Å². The summed E-state index contributed by atoms with van der Waals surface area (Å²) in [5.41, 5.74) is 3.68. The third kappa shape index (κ3) is 5.77. The molecule has 3 aromatic rings. The maximum atomic E-state index is 11.1. The van der Waals surface area contributed by atoms with Crippen molar-refractivity contribution in [2.45, 2.75) is 6.54 Å². The number of hydrazone groups is 1. The number of nitro groups is 1. The quantitative estimate of drug-likeness (QED) is 0.291. The Bertz CT molecular complexity index is 1110. The second kappa shape index (κ2) is 10.0. The molecule has 0 amide bonds. The average Bonchev–Trinajstić information content (AvgIpc) is 2.75. The summed E-state index contributed by atoms with van der Waals surface area (Å²) < 4.78 is 0. The summed E-state index contributed by atoms with van der Waals surface area (Å²) in [6, 6.07) is 12.4. The molecule has 0 saturated heterocycles. The first-order chi connectivity index (χ1) is 14.8. The third-order valence-electron chi connectivity index (χ3n) is 3.98. The van der Waals surface area contributed by atoms with Crippen molar-refractivity contribution in [2.75, 3.05) is 29.7 Å². The number of anilines is 3. The summed E-state index contributed by atoms with van der Waals surface area (Å²) in [6.07, 6.45) is 1.27. The van der Waals surface area contributed by atoms with Crippen LogP contribution in [0, 0.1) is 10.1 Å². The number of hydrogen-bond acceptors (Lipinski definition) is 9. The van der Waals surface area contributed by atoms with Crippen LogP contribution in [0.5, 0.6) is 0 Å². The highest BCUT2D eigenvalue weighted by Gasteiger charge is 2.17. The van der Waals surface area contributed by atoms with Gasteiger partial charge >= 0.3 is 0 Å². The molecule has 0 atom stereocenters. The van der Waals surface area contributed by atoms with Gasteiger partial charge in [0.05, 0.1) is 16.2 Å². The van der Waals surface area contributed by atoms with E-state index in [0.29, 0.717) is 18.4 Å². The van der Waals surface area contributed by atoms with Gasteiger partial charge in [-0.15, -0.1) is 0 Å². The summed E-state index contributed by atoms with van der Waals surface area (Å²) in [5, 5.41) is 18.3. The summed E-state index contributed by atoms with van der Waals surface area (Å²) >= 11 is 12.2. The molecule has 1 aromatic heterocycles. The molecule has 0 aliphatic heterocycles. The van der Waals surface area contributed by atoms with E-state index in [0.717, 1.165) is 5.56 Å². The molecule has 2 aromatic carbocycles. The number of nitrogens with one attached hydrogen (secondary N) is 2. The third-order valence-corrected chi connectivity index (χ3v) is 4.70. The zero-order chi connectivity index (χ0) is 22.4. The van der Waals surface area contributed by atoms with Crippen LogP contribution in [0.3, 0.4) is 0 Å². The molecule has 10 nitrogen and oxygen atoms in total. The Hall–Kier alpha value is -3.50. The van der Waals surface area contributed by atoms with Gasteiger partial charge in [-0.2, -0.15) is 20.1 Å². The molecule has 0 radical (unpaired) electrons. The van der Waals surface area contributed by atoms with Crippen LogP contribution in [0.4, 0.5) is 23.5 Å². The highest BCUT2D eigenvalue weighted by Crippen LogP contribution is 2.31. The molecule has 2 N–H and O–H groups in total. The lowest BCUT2D eigenvalue weighted by atomic mass is 10.2. The molecule has 160 valence electrons. The molecule has 0 bridgehead atoms. The van der Waals surface area contributed by atoms with E-state index in [1.54, 1.807) is 19.0 Å². The fourth-order valence-electron chi connectivity index (χ4n) is 2.44. The van der Waals surface area contributed by atoms with Crippen molar-refractivity contribution in [1.29, 1.82) is 0 Å². The molecule has 1 heterocycles. The highest BCUT2D eigenvalue weighted by atomic mass is 35.5. The van der Waals surface area contributed by atoms with Crippen molar-refractivity contribution in [3.05, 3.63) is 73.8 Å². The number of rotatable bonds is 8. The van der Waals surface area contributed by atoms with Crippen molar-refractivity contribution in [1.82, 2.24) is 15.0 Å². The van der Waals surface area contributed by atoms with Gasteiger partial charge in [-0.1, -0.05) is 53.5 Å². The Morgan fingerprint density at radius 1 is 1.10 bits per heavy atom. The Kier molecular flexibility index (Phi) is 7.16. The fourth-order valence-corrected chi connectivity index (χ4v) is 2.98. The van der Waals surface area contributed by atoms with Gasteiger partial charge in [-0.25, -0.2) is 5.43 Å². The van der Waals surface area contributed by atoms with Gasteiger partial charge in [-0.3, -0.25) is 10.1 Å². The summed E-state index contributed by atoms with van der Waals surface area (Å²) in [5.74, 6) is 0.935. The second-order valence-corrected chi connectivity index (χ2v) is 7.22. The molecule has 3 rings (SSSR count). The number of nitrogens with zero attached hydrogens (tertiary/aromatic N) is 6. The first-order valence-electron chi connectivity index (χ1n) is 8.98. The van der Waals surface area contributed by atoms with E-state index >= 15 is 0 Å². The molecule has 31 heavy (non-hydrogen) atoms. The first kappa shape index (κ1) is 22.2. The van der Waals surface area contributed by atoms with Crippen molar-refractivity contribution >= 4 is 52.9 Å². The van der Waals surface area contributed by atoms with Crippen LogP contribution >= 0.6 is 23.2 Å². The van der Waals surface area contributed by atoms with Gasteiger partial charge in [0.1, 0.15) is 5.02 Å². The maximum absolute atomic E-state index is 11.1. The van der Waals surface area contributed by atoms with Gasteiger partial charge in [0.2, 0.25) is 17.8 Å². The van der Waals surface area contributed by atoms with Crippen molar-refractivity contribution in [3.63, 3.8) is 0 Å². The largest absolute Gasteiger partial charge is 0.350 e. The van der Waals surface area contributed by atoms with Crippen LogP contribution < -0.4 is 15.6 Å². The minimum atomic E-state index is -0.594. The monoisotopic (exact) mass is 460 g/mol. The average molecular weight is 461 g/mol. The van der Waals surface area contributed by atoms with E-state index in [4.69, 9.17) is 23.2 Å². The van der Waals surface area contributed by atoms with Crippen LogP contribution in [0.25, 0.3) is 0 Å². The molecule has 0 unspecified atom stereocenters. The molecule has 0 fully saturated rings. The molecule has 0 aliphatic carbocycles. The van der Waals surface area contributed by atoms with E-state index in [-0.39, 0.29) is 27.2 Å². The molecule has 0 saturated carbocycles. The number of aromatic nitrogens is 3. The van der Waals surface area contributed by atoms with Gasteiger partial charge < -0.3 is 10.2 Å². The van der Waals surface area contributed by atoms with Crippen LogP contribution in [0.1, 0.15) is 11.1 Å². The summed E-state index contributed by atoms with van der Waals surface area (Å²) in [4.78, 5) is 25.1. The standard InChI is InChI=1S/C19H18Cl2N8O2/c1-28(2)19-25-17(22-10-12-6-4-3-5-7-12)24-18(26-19)27-23-11-13-14(20)8-9-15(16(13)21)29(30)31/h3-9,11H,10H2,1-2H3,(H2,22,24,25,26,27)/b23-11-. The lowest BCUT2D eigenvalue weighted by Crippen LogP contribution is -2.16. The van der Waals surface area contributed by atoms with E-state index in [9.17, 15) is 10.1 Å². The van der Waals surface area contributed by atoms with E-state index in [2.05, 4.69) is 30.8 Å². The molecule has 0 aliphatic rings. The van der Waals surface area contributed by atoms with Gasteiger partial charge in [0, 0.05) is 32.3 Å². The highest BCUT2D eigenvalue weighted by molar-refractivity contribution is 6.40. The lowest BCUT2D eigenvalue weighted by Gasteiger charge is -2.13. The number of hydrogen-bond donors (Lipinski definition) is 2. The number of halogens is 2. The van der Waals surface area contributed by atoms with Crippen molar-refractivity contribution in [3.8, 4) is 0 Å². The fraction of sp³-hybridized carbons (Fsp3) is 0.158. The van der Waals surface area contributed by atoms with Crippen molar-refractivity contribution in [2.24, 2.45) is 5.10 Å². The maximum Gasteiger partial charge on any atom is 0.288 e. The Balaban J connectivity index is 1.80. The van der Waals surface area contributed by atoms with Crippen LogP contribution in [-0.4, -0.2) is 40.2 Å². The lowest BCUT2D eigenvalue weighted by molar-refractivity contribution is -0.384. The summed E-state index contributed by atoms with van der Waals surface area (Å²) in [7, 11) is 3.60. The minimum Gasteiger partial charge on any atom is -0.350 e. The van der Waals surface area contributed by atoms with Crippen molar-refractivity contribution < 1.29 is 4.92 Å². The van der Waals surface area contributed by atoms with Gasteiger partial charge in [0.25, 0.3) is 5.69 Å². The predicted molar refractivity (Wildman–Crippen MR) is 122 cm³/mol. The van der Waals surface area contributed by atoms with Crippen LogP contribution in [-0.2, 0) is 6.54 Å². The van der Waals surface area contributed by atoms with Crippen LogP contribution in [0.15, 0.2) is 47.6 Å². The number of nitro benzene ring substituents is 1. The molecule has 0 spiro atoms. The Labute approximate surface area is 188 Å². The molecule has 12 heteroatoms. The zero-order valence-corrected chi connectivity index (χ0v) is 18.1. The SMILES string of the molecule is CN(C)c1nc(NCc2ccccc2)nc(N/N=C\c2c(Cl)ccc([N+](=O)[O-])c2Cl)n1. The number of benzene rings is 2. The zero-order valence-electron chi connectivity index (χ0n) is 16.6. The molecular weight excluding hydrogens is 443 g/mol. The normalized spacial score (nSPS) is 10.8. The van der Waals surface area contributed by atoms with Gasteiger partial charge in [0.15, 0.2) is 0 Å². The minimum absolute atomic E-state index is 0.113. The smallest absolute Gasteiger partial charge is 0.288 e. The summed E-state index contributed by atoms with van der Waals surface area (Å²) in [6.45, 7) is 0.527. The topological polar surface area (TPSA) is 121 Å². The van der Waals surface area contributed by atoms with Gasteiger partial charge in [-0.05, 0) is 11.6 Å². The second-order valence-electron chi connectivity index (χ2n) is 6.44. The Morgan fingerprint density at radius 2 is 1.81 bits per heavy atom. The van der Waals surface area contributed by atoms with E-state index in [1.165, 1.54) is 18.3 Å².